The first kappa shape index (κ1) is 10.8. The number of para-hydroxylation sites is 1. The van der Waals surface area contributed by atoms with Gasteiger partial charge in [0.25, 0.3) is 0 Å². The van der Waals surface area contributed by atoms with Gasteiger partial charge in [-0.2, -0.15) is 0 Å². The van der Waals surface area contributed by atoms with Gasteiger partial charge < -0.3 is 0 Å². The van der Waals surface area contributed by atoms with Crippen LogP contribution in [0.5, 0.6) is 0 Å². The highest BCUT2D eigenvalue weighted by Gasteiger charge is 2.23. The third-order valence-electron chi connectivity index (χ3n) is 3.64. The van der Waals surface area contributed by atoms with E-state index in [9.17, 15) is 0 Å². The number of amidine groups is 1. The van der Waals surface area contributed by atoms with Crippen LogP contribution in [0, 0.1) is 0 Å². The maximum absolute atomic E-state index is 4.70. The number of fused-ring (bicyclic) bond motifs is 1. The molecule has 0 atom stereocenters. The summed E-state index contributed by atoms with van der Waals surface area (Å²) in [6, 6.07) is 8.45. The van der Waals surface area contributed by atoms with Crippen LogP contribution in [-0.4, -0.2) is 28.9 Å². The monoisotopic (exact) mass is 229 g/mol. The summed E-state index contributed by atoms with van der Waals surface area (Å²) in [5, 5.41) is 4.81. The summed E-state index contributed by atoms with van der Waals surface area (Å²) in [4.78, 5) is 4.70. The third kappa shape index (κ3) is 2.07. The van der Waals surface area contributed by atoms with E-state index in [2.05, 4.69) is 41.2 Å². The molecule has 0 unspecified atom stereocenters. The van der Waals surface area contributed by atoms with Gasteiger partial charge in [-0.05, 0) is 31.4 Å². The van der Waals surface area contributed by atoms with Gasteiger partial charge >= 0.3 is 0 Å². The topological polar surface area (TPSA) is 18.8 Å². The molecule has 0 spiro atoms. The molecule has 0 saturated carbocycles. The second-order valence-electron chi connectivity index (χ2n) is 4.86. The molecule has 1 aromatic carbocycles. The maximum Gasteiger partial charge on any atom is 0.116 e. The normalized spacial score (nSPS) is 21.0. The summed E-state index contributed by atoms with van der Waals surface area (Å²) in [7, 11) is 0. The Labute approximate surface area is 103 Å². The van der Waals surface area contributed by atoms with Crippen molar-refractivity contribution in [2.24, 2.45) is 4.99 Å². The van der Waals surface area contributed by atoms with Crippen LogP contribution < -0.4 is 0 Å². The molecule has 3 nitrogen and oxygen atoms in total. The number of nitrogens with zero attached hydrogens (tertiary/aromatic N) is 3. The van der Waals surface area contributed by atoms with Gasteiger partial charge in [0.2, 0.25) is 0 Å². The number of hydrazine groups is 1. The standard InChI is InChI=1S/C14H19N3/c1-12-15-14-8-4-3-7-13(14)11-17(12)16-9-5-2-6-10-16/h3-4,7-8H,2,5-6,9-11H2,1H3. The van der Waals surface area contributed by atoms with Gasteiger partial charge in [0.05, 0.1) is 12.2 Å². The van der Waals surface area contributed by atoms with Crippen molar-refractivity contribution in [2.45, 2.75) is 32.7 Å². The fourth-order valence-corrected chi connectivity index (χ4v) is 2.68. The maximum atomic E-state index is 4.70. The van der Waals surface area contributed by atoms with Gasteiger partial charge in [-0.1, -0.05) is 24.6 Å². The lowest BCUT2D eigenvalue weighted by atomic mass is 10.1. The summed E-state index contributed by atoms with van der Waals surface area (Å²) >= 11 is 0. The molecule has 1 saturated heterocycles. The number of piperidine rings is 1. The van der Waals surface area contributed by atoms with Gasteiger partial charge in [-0.25, -0.2) is 10.0 Å². The fraction of sp³-hybridized carbons (Fsp3) is 0.500. The summed E-state index contributed by atoms with van der Waals surface area (Å²) in [5.41, 5.74) is 2.47. The van der Waals surface area contributed by atoms with Crippen molar-refractivity contribution in [2.75, 3.05) is 13.1 Å². The van der Waals surface area contributed by atoms with E-state index in [0.29, 0.717) is 0 Å². The Kier molecular flexibility index (Phi) is 2.85. The van der Waals surface area contributed by atoms with Gasteiger partial charge in [0.15, 0.2) is 0 Å². The lowest BCUT2D eigenvalue weighted by Gasteiger charge is -2.40. The Balaban J connectivity index is 1.85. The molecule has 0 bridgehead atoms. The number of hydrogen-bond donors (Lipinski definition) is 0. The predicted molar refractivity (Wildman–Crippen MR) is 70.2 cm³/mol. The average molecular weight is 229 g/mol. The molecule has 2 aliphatic heterocycles. The lowest BCUT2D eigenvalue weighted by Crippen LogP contribution is -2.48. The van der Waals surface area contributed by atoms with Gasteiger partial charge in [-0.3, -0.25) is 5.01 Å². The van der Waals surface area contributed by atoms with E-state index < -0.39 is 0 Å². The molecule has 1 aromatic rings. The highest BCUT2D eigenvalue weighted by atomic mass is 15.6. The van der Waals surface area contributed by atoms with Crippen LogP contribution >= 0.6 is 0 Å². The van der Waals surface area contributed by atoms with E-state index in [4.69, 9.17) is 4.99 Å². The smallest absolute Gasteiger partial charge is 0.116 e. The molecule has 2 aliphatic rings. The second kappa shape index (κ2) is 4.49. The molecule has 0 N–H and O–H groups in total. The summed E-state index contributed by atoms with van der Waals surface area (Å²) in [6.07, 6.45) is 3.99. The van der Waals surface area contributed by atoms with Gasteiger partial charge in [0.1, 0.15) is 5.84 Å². The van der Waals surface area contributed by atoms with Crippen molar-refractivity contribution in [3.63, 3.8) is 0 Å². The molecule has 17 heavy (non-hydrogen) atoms. The number of hydrogen-bond acceptors (Lipinski definition) is 3. The molecule has 90 valence electrons. The van der Waals surface area contributed by atoms with Crippen LogP contribution in [0.1, 0.15) is 31.7 Å². The quantitative estimate of drug-likeness (QED) is 0.737. The Morgan fingerprint density at radius 1 is 1.06 bits per heavy atom. The summed E-state index contributed by atoms with van der Waals surface area (Å²) in [5.74, 6) is 1.13. The van der Waals surface area contributed by atoms with Crippen molar-refractivity contribution < 1.29 is 0 Å². The molecule has 1 fully saturated rings. The highest BCUT2D eigenvalue weighted by Crippen LogP contribution is 2.27. The van der Waals surface area contributed by atoms with E-state index in [-0.39, 0.29) is 0 Å². The number of benzene rings is 1. The first-order chi connectivity index (χ1) is 8.34. The molecule has 0 radical (unpaired) electrons. The minimum atomic E-state index is 0.978. The first-order valence-electron chi connectivity index (χ1n) is 6.50. The number of aliphatic imine (C=N–C) groups is 1. The number of rotatable bonds is 1. The van der Waals surface area contributed by atoms with Crippen molar-refractivity contribution in [3.05, 3.63) is 29.8 Å². The van der Waals surface area contributed by atoms with Crippen molar-refractivity contribution >= 4 is 11.5 Å². The van der Waals surface area contributed by atoms with Crippen LogP contribution in [0.15, 0.2) is 29.3 Å². The minimum absolute atomic E-state index is 0.978. The molecule has 0 aliphatic carbocycles. The van der Waals surface area contributed by atoms with E-state index >= 15 is 0 Å². The van der Waals surface area contributed by atoms with Crippen molar-refractivity contribution in [1.29, 1.82) is 0 Å². The third-order valence-corrected chi connectivity index (χ3v) is 3.64. The zero-order valence-corrected chi connectivity index (χ0v) is 10.4. The van der Waals surface area contributed by atoms with E-state index in [1.165, 1.54) is 37.9 Å². The zero-order valence-electron chi connectivity index (χ0n) is 10.4. The van der Waals surface area contributed by atoms with Crippen LogP contribution in [0.25, 0.3) is 0 Å². The van der Waals surface area contributed by atoms with Crippen molar-refractivity contribution in [3.8, 4) is 0 Å². The zero-order chi connectivity index (χ0) is 11.7. The molecule has 0 aromatic heterocycles. The van der Waals surface area contributed by atoms with Gasteiger partial charge in [0, 0.05) is 13.1 Å². The predicted octanol–water partition coefficient (Wildman–Crippen LogP) is 2.95. The van der Waals surface area contributed by atoms with E-state index in [1.807, 2.05) is 0 Å². The van der Waals surface area contributed by atoms with E-state index in [0.717, 1.165) is 18.1 Å². The molecule has 0 amide bonds. The second-order valence-corrected chi connectivity index (χ2v) is 4.86. The fourth-order valence-electron chi connectivity index (χ4n) is 2.68. The Bertz CT molecular complexity index is 433. The molecule has 3 rings (SSSR count). The highest BCUT2D eigenvalue weighted by molar-refractivity contribution is 5.84. The Morgan fingerprint density at radius 3 is 2.65 bits per heavy atom. The molecule has 2 heterocycles. The summed E-state index contributed by atoms with van der Waals surface area (Å²) in [6.45, 7) is 5.44. The SMILES string of the molecule is CC1=Nc2ccccc2CN1N1CCCCC1. The average Bonchev–Trinajstić information content (AvgIpc) is 2.39. The molecular weight excluding hydrogens is 210 g/mol. The largest absolute Gasteiger partial charge is 0.289 e. The minimum Gasteiger partial charge on any atom is -0.289 e. The Hall–Kier alpha value is -1.35. The lowest BCUT2D eigenvalue weighted by molar-refractivity contribution is 0.0168. The van der Waals surface area contributed by atoms with Crippen molar-refractivity contribution in [1.82, 2.24) is 10.0 Å². The van der Waals surface area contributed by atoms with Crippen LogP contribution in [0.3, 0.4) is 0 Å². The van der Waals surface area contributed by atoms with E-state index in [1.54, 1.807) is 0 Å². The van der Waals surface area contributed by atoms with Crippen LogP contribution in [0.2, 0.25) is 0 Å². The molecular formula is C14H19N3. The summed E-state index contributed by atoms with van der Waals surface area (Å²) < 4.78 is 0. The first-order valence-corrected chi connectivity index (χ1v) is 6.50. The molecule has 3 heteroatoms. The Morgan fingerprint density at radius 2 is 1.82 bits per heavy atom. The van der Waals surface area contributed by atoms with Crippen LogP contribution in [-0.2, 0) is 6.54 Å². The van der Waals surface area contributed by atoms with Gasteiger partial charge in [-0.15, -0.1) is 0 Å². The van der Waals surface area contributed by atoms with Crippen LogP contribution in [0.4, 0.5) is 5.69 Å².